The first-order chi connectivity index (χ1) is 8.65. The molecule has 2 unspecified atom stereocenters. The fourth-order valence-corrected chi connectivity index (χ4v) is 2.54. The van der Waals surface area contributed by atoms with Crippen LogP contribution >= 0.6 is 11.6 Å². The average molecular weight is 269 g/mol. The summed E-state index contributed by atoms with van der Waals surface area (Å²) in [6, 6.07) is 6.81. The van der Waals surface area contributed by atoms with E-state index in [-0.39, 0.29) is 0 Å². The van der Waals surface area contributed by atoms with Gasteiger partial charge in [-0.05, 0) is 44.0 Å². The highest BCUT2D eigenvalue weighted by Crippen LogP contribution is 2.21. The quantitative estimate of drug-likeness (QED) is 0.881. The summed E-state index contributed by atoms with van der Waals surface area (Å²) in [6.45, 7) is 6.87. The molecule has 100 valence electrons. The maximum absolute atomic E-state index is 5.95. The largest absolute Gasteiger partial charge is 0.382 e. The molecule has 18 heavy (non-hydrogen) atoms. The second-order valence-electron chi connectivity index (χ2n) is 4.97. The van der Waals surface area contributed by atoms with Crippen LogP contribution in [0.4, 0.5) is 5.69 Å². The number of benzene rings is 1. The summed E-state index contributed by atoms with van der Waals surface area (Å²) in [6.07, 6.45) is 1.06. The van der Waals surface area contributed by atoms with Crippen molar-refractivity contribution in [2.45, 2.75) is 32.4 Å². The standard InChI is InChI=1S/C14H21ClN2O/c1-10-7-12(15)3-4-14(10)17-11(2)8-13-9-18-6-5-16-13/h3-4,7,11,13,16-17H,5-6,8-9H2,1-2H3. The van der Waals surface area contributed by atoms with Gasteiger partial charge in [-0.2, -0.15) is 0 Å². The van der Waals surface area contributed by atoms with Crippen molar-refractivity contribution in [1.29, 1.82) is 0 Å². The zero-order valence-corrected chi connectivity index (χ0v) is 11.8. The lowest BCUT2D eigenvalue weighted by Crippen LogP contribution is -2.43. The molecule has 0 amide bonds. The van der Waals surface area contributed by atoms with Gasteiger partial charge in [-0.15, -0.1) is 0 Å². The molecule has 2 rings (SSSR count). The van der Waals surface area contributed by atoms with Crippen molar-refractivity contribution in [3.05, 3.63) is 28.8 Å². The molecule has 4 heteroatoms. The van der Waals surface area contributed by atoms with E-state index in [0.717, 1.165) is 36.9 Å². The van der Waals surface area contributed by atoms with E-state index >= 15 is 0 Å². The number of nitrogens with one attached hydrogen (secondary N) is 2. The van der Waals surface area contributed by atoms with Crippen LogP contribution in [0.25, 0.3) is 0 Å². The Hall–Kier alpha value is -0.770. The molecule has 0 radical (unpaired) electrons. The second kappa shape index (κ2) is 6.41. The molecular formula is C14H21ClN2O. The highest BCUT2D eigenvalue weighted by Gasteiger charge is 2.16. The maximum Gasteiger partial charge on any atom is 0.0621 e. The first-order valence-electron chi connectivity index (χ1n) is 6.49. The number of halogens is 1. The van der Waals surface area contributed by atoms with Gasteiger partial charge in [-0.1, -0.05) is 11.6 Å². The molecule has 1 saturated heterocycles. The Morgan fingerprint density at radius 1 is 1.56 bits per heavy atom. The van der Waals surface area contributed by atoms with Gasteiger partial charge in [0.2, 0.25) is 0 Å². The summed E-state index contributed by atoms with van der Waals surface area (Å²) in [7, 11) is 0. The highest BCUT2D eigenvalue weighted by molar-refractivity contribution is 6.30. The molecule has 0 spiro atoms. The van der Waals surface area contributed by atoms with Crippen LogP contribution < -0.4 is 10.6 Å². The third-order valence-electron chi connectivity index (χ3n) is 3.23. The van der Waals surface area contributed by atoms with E-state index in [1.54, 1.807) is 0 Å². The normalized spacial score (nSPS) is 21.6. The van der Waals surface area contributed by atoms with Crippen molar-refractivity contribution in [2.75, 3.05) is 25.1 Å². The Kier molecular flexibility index (Phi) is 4.87. The van der Waals surface area contributed by atoms with Crippen LogP contribution in [0.3, 0.4) is 0 Å². The molecule has 1 aliphatic rings. The molecule has 0 saturated carbocycles. The van der Waals surface area contributed by atoms with Crippen LogP contribution in [0.5, 0.6) is 0 Å². The number of rotatable bonds is 4. The molecule has 1 aromatic rings. The third-order valence-corrected chi connectivity index (χ3v) is 3.46. The SMILES string of the molecule is Cc1cc(Cl)ccc1NC(C)CC1COCCN1. The second-order valence-corrected chi connectivity index (χ2v) is 5.40. The molecule has 0 aromatic heterocycles. The van der Waals surface area contributed by atoms with Crippen molar-refractivity contribution in [1.82, 2.24) is 5.32 Å². The summed E-state index contributed by atoms with van der Waals surface area (Å²) in [5.74, 6) is 0. The van der Waals surface area contributed by atoms with Crippen LogP contribution in [0.1, 0.15) is 18.9 Å². The topological polar surface area (TPSA) is 33.3 Å². The predicted octanol–water partition coefficient (Wildman–Crippen LogP) is 2.83. The Morgan fingerprint density at radius 3 is 3.06 bits per heavy atom. The summed E-state index contributed by atoms with van der Waals surface area (Å²) in [5, 5.41) is 7.79. The van der Waals surface area contributed by atoms with Crippen LogP contribution in [0, 0.1) is 6.92 Å². The molecule has 0 aliphatic carbocycles. The Labute approximate surface area is 114 Å². The summed E-state index contributed by atoms with van der Waals surface area (Å²) in [5.41, 5.74) is 2.34. The number of hydrogen-bond acceptors (Lipinski definition) is 3. The van der Waals surface area contributed by atoms with Crippen molar-refractivity contribution < 1.29 is 4.74 Å². The number of hydrogen-bond donors (Lipinski definition) is 2. The number of ether oxygens (including phenoxy) is 1. The fourth-order valence-electron chi connectivity index (χ4n) is 2.31. The van der Waals surface area contributed by atoms with Gasteiger partial charge >= 0.3 is 0 Å². The smallest absolute Gasteiger partial charge is 0.0621 e. The van der Waals surface area contributed by atoms with E-state index in [0.29, 0.717) is 12.1 Å². The first-order valence-corrected chi connectivity index (χ1v) is 6.87. The lowest BCUT2D eigenvalue weighted by Gasteiger charge is -2.27. The zero-order valence-electron chi connectivity index (χ0n) is 11.0. The molecule has 1 aromatic carbocycles. The molecule has 2 N–H and O–H groups in total. The van der Waals surface area contributed by atoms with Crippen molar-refractivity contribution in [2.24, 2.45) is 0 Å². The van der Waals surface area contributed by atoms with Crippen LogP contribution in [0.2, 0.25) is 5.02 Å². The van der Waals surface area contributed by atoms with E-state index in [9.17, 15) is 0 Å². The minimum absolute atomic E-state index is 0.407. The molecule has 3 nitrogen and oxygen atoms in total. The van der Waals surface area contributed by atoms with Gasteiger partial charge in [0.05, 0.1) is 13.2 Å². The van der Waals surface area contributed by atoms with E-state index in [1.807, 2.05) is 18.2 Å². The number of anilines is 1. The van der Waals surface area contributed by atoms with Crippen LogP contribution in [-0.4, -0.2) is 31.8 Å². The average Bonchev–Trinajstić information content (AvgIpc) is 2.34. The van der Waals surface area contributed by atoms with Crippen LogP contribution in [0.15, 0.2) is 18.2 Å². The van der Waals surface area contributed by atoms with Gasteiger partial charge in [0.25, 0.3) is 0 Å². The van der Waals surface area contributed by atoms with Crippen molar-refractivity contribution in [3.8, 4) is 0 Å². The third kappa shape index (κ3) is 3.87. The summed E-state index contributed by atoms with van der Waals surface area (Å²) >= 11 is 5.95. The molecule has 1 heterocycles. The molecule has 2 atom stereocenters. The lowest BCUT2D eigenvalue weighted by molar-refractivity contribution is 0.0731. The zero-order chi connectivity index (χ0) is 13.0. The van der Waals surface area contributed by atoms with Gasteiger partial charge < -0.3 is 15.4 Å². The summed E-state index contributed by atoms with van der Waals surface area (Å²) < 4.78 is 5.46. The number of morpholine rings is 1. The number of aryl methyl sites for hydroxylation is 1. The van der Waals surface area contributed by atoms with E-state index in [1.165, 1.54) is 5.56 Å². The molecule has 1 fully saturated rings. The van der Waals surface area contributed by atoms with Crippen LogP contribution in [-0.2, 0) is 4.74 Å². The molecular weight excluding hydrogens is 248 g/mol. The Morgan fingerprint density at radius 2 is 2.39 bits per heavy atom. The maximum atomic E-state index is 5.95. The van der Waals surface area contributed by atoms with Crippen molar-refractivity contribution >= 4 is 17.3 Å². The lowest BCUT2D eigenvalue weighted by atomic mass is 10.1. The Balaban J connectivity index is 1.87. The minimum Gasteiger partial charge on any atom is -0.382 e. The monoisotopic (exact) mass is 268 g/mol. The van der Waals surface area contributed by atoms with E-state index in [4.69, 9.17) is 16.3 Å². The van der Waals surface area contributed by atoms with Gasteiger partial charge in [0.15, 0.2) is 0 Å². The fraction of sp³-hybridized carbons (Fsp3) is 0.571. The predicted molar refractivity (Wildman–Crippen MR) is 76.5 cm³/mol. The molecule has 0 bridgehead atoms. The minimum atomic E-state index is 0.407. The van der Waals surface area contributed by atoms with Crippen molar-refractivity contribution in [3.63, 3.8) is 0 Å². The highest BCUT2D eigenvalue weighted by atomic mass is 35.5. The van der Waals surface area contributed by atoms with Gasteiger partial charge in [0.1, 0.15) is 0 Å². The molecule has 1 aliphatic heterocycles. The van der Waals surface area contributed by atoms with E-state index < -0.39 is 0 Å². The first kappa shape index (κ1) is 13.7. The van der Waals surface area contributed by atoms with Gasteiger partial charge in [0, 0.05) is 29.3 Å². The van der Waals surface area contributed by atoms with Gasteiger partial charge in [-0.3, -0.25) is 0 Å². The summed E-state index contributed by atoms with van der Waals surface area (Å²) in [4.78, 5) is 0. The van der Waals surface area contributed by atoms with E-state index in [2.05, 4.69) is 24.5 Å². The van der Waals surface area contributed by atoms with Gasteiger partial charge in [-0.25, -0.2) is 0 Å². The Bertz CT molecular complexity index is 391.